The molecule has 1 amide bonds. The molecule has 132 valence electrons. The smallest absolute Gasteiger partial charge is 0.255 e. The quantitative estimate of drug-likeness (QED) is 0.574. The van der Waals surface area contributed by atoms with Crippen LogP contribution in [-0.2, 0) is 0 Å². The minimum Gasteiger partial charge on any atom is -0.456 e. The topological polar surface area (TPSA) is 90.4 Å². The van der Waals surface area contributed by atoms with Gasteiger partial charge in [-0.3, -0.25) is 4.79 Å². The van der Waals surface area contributed by atoms with Crippen molar-refractivity contribution in [2.75, 3.05) is 16.8 Å². The van der Waals surface area contributed by atoms with Crippen LogP contribution >= 0.6 is 11.6 Å². The van der Waals surface area contributed by atoms with Crippen LogP contribution in [0.15, 0.2) is 60.7 Å². The minimum absolute atomic E-state index is 0.226. The van der Waals surface area contributed by atoms with Gasteiger partial charge in [0.25, 0.3) is 5.91 Å². The van der Waals surface area contributed by atoms with E-state index in [4.69, 9.17) is 27.8 Å². The third-order valence-corrected chi connectivity index (χ3v) is 4.10. The van der Waals surface area contributed by atoms with Crippen molar-refractivity contribution < 1.29 is 9.53 Å². The minimum atomic E-state index is -0.226. The van der Waals surface area contributed by atoms with E-state index >= 15 is 0 Å². The van der Waals surface area contributed by atoms with E-state index in [1.54, 1.807) is 60.7 Å². The number of anilines is 3. The highest BCUT2D eigenvalue weighted by atomic mass is 35.5. The molecule has 0 aliphatic heterocycles. The highest BCUT2D eigenvalue weighted by Gasteiger charge is 2.09. The molecular formula is C20H18ClN3O2. The van der Waals surface area contributed by atoms with Gasteiger partial charge in [0.2, 0.25) is 0 Å². The fourth-order valence-electron chi connectivity index (χ4n) is 2.38. The van der Waals surface area contributed by atoms with Gasteiger partial charge in [-0.05, 0) is 61.0 Å². The van der Waals surface area contributed by atoms with Crippen LogP contribution in [0.5, 0.6) is 11.5 Å². The van der Waals surface area contributed by atoms with Crippen LogP contribution in [0.25, 0.3) is 0 Å². The average Bonchev–Trinajstić information content (AvgIpc) is 2.60. The summed E-state index contributed by atoms with van der Waals surface area (Å²) in [6, 6.07) is 17.2. The van der Waals surface area contributed by atoms with Crippen molar-refractivity contribution in [1.82, 2.24) is 0 Å². The predicted molar refractivity (Wildman–Crippen MR) is 106 cm³/mol. The Hall–Kier alpha value is -3.18. The molecule has 3 rings (SSSR count). The lowest BCUT2D eigenvalue weighted by atomic mass is 10.1. The van der Waals surface area contributed by atoms with Crippen LogP contribution in [0, 0.1) is 6.92 Å². The number of amides is 1. The molecule has 5 N–H and O–H groups in total. The third-order valence-electron chi connectivity index (χ3n) is 3.81. The van der Waals surface area contributed by atoms with E-state index in [1.165, 1.54) is 0 Å². The second kappa shape index (κ2) is 7.37. The van der Waals surface area contributed by atoms with Gasteiger partial charge < -0.3 is 21.5 Å². The van der Waals surface area contributed by atoms with Gasteiger partial charge in [0.15, 0.2) is 0 Å². The van der Waals surface area contributed by atoms with Crippen LogP contribution in [0.1, 0.15) is 15.9 Å². The van der Waals surface area contributed by atoms with E-state index < -0.39 is 0 Å². The first-order valence-electron chi connectivity index (χ1n) is 7.93. The van der Waals surface area contributed by atoms with Crippen LogP contribution in [0.4, 0.5) is 17.1 Å². The zero-order chi connectivity index (χ0) is 18.7. The number of nitrogens with two attached hydrogens (primary N) is 2. The maximum atomic E-state index is 12.4. The van der Waals surface area contributed by atoms with Gasteiger partial charge in [-0.25, -0.2) is 0 Å². The van der Waals surface area contributed by atoms with E-state index in [0.717, 1.165) is 5.56 Å². The molecule has 3 aromatic rings. The lowest BCUT2D eigenvalue weighted by Crippen LogP contribution is -2.12. The van der Waals surface area contributed by atoms with Gasteiger partial charge >= 0.3 is 0 Å². The SMILES string of the molecule is Cc1cc(C(=O)Nc2cccc(Oc3ccc(N)cc3Cl)c2)ccc1N. The number of carbonyl (C=O) groups is 1. The van der Waals surface area contributed by atoms with Crippen LogP contribution < -0.4 is 21.5 Å². The zero-order valence-electron chi connectivity index (χ0n) is 14.1. The zero-order valence-corrected chi connectivity index (χ0v) is 14.9. The highest BCUT2D eigenvalue weighted by molar-refractivity contribution is 6.32. The Balaban J connectivity index is 1.76. The number of rotatable bonds is 4. The normalized spacial score (nSPS) is 10.4. The molecule has 0 bridgehead atoms. The number of halogens is 1. The van der Waals surface area contributed by atoms with Gasteiger partial charge in [0, 0.05) is 28.7 Å². The molecule has 0 saturated heterocycles. The van der Waals surface area contributed by atoms with Gasteiger partial charge in [-0.1, -0.05) is 17.7 Å². The van der Waals surface area contributed by atoms with Crippen molar-refractivity contribution >= 4 is 34.6 Å². The molecule has 0 aliphatic carbocycles. The molecule has 0 heterocycles. The van der Waals surface area contributed by atoms with Crippen LogP contribution in [0.3, 0.4) is 0 Å². The summed E-state index contributed by atoms with van der Waals surface area (Å²) >= 11 is 6.13. The summed E-state index contributed by atoms with van der Waals surface area (Å²) in [5.74, 6) is 0.803. The van der Waals surface area contributed by atoms with Gasteiger partial charge in [-0.2, -0.15) is 0 Å². The van der Waals surface area contributed by atoms with Gasteiger partial charge in [-0.15, -0.1) is 0 Å². The van der Waals surface area contributed by atoms with E-state index in [9.17, 15) is 4.79 Å². The second-order valence-electron chi connectivity index (χ2n) is 5.85. The Morgan fingerprint density at radius 3 is 2.58 bits per heavy atom. The number of aryl methyl sites for hydroxylation is 1. The first-order chi connectivity index (χ1) is 12.4. The Bertz CT molecular complexity index is 973. The third kappa shape index (κ3) is 4.07. The van der Waals surface area contributed by atoms with Crippen LogP contribution in [0.2, 0.25) is 5.02 Å². The Labute approximate surface area is 156 Å². The van der Waals surface area contributed by atoms with Crippen molar-refractivity contribution in [3.8, 4) is 11.5 Å². The molecule has 0 spiro atoms. The van der Waals surface area contributed by atoms with E-state index in [2.05, 4.69) is 5.32 Å². The fourth-order valence-corrected chi connectivity index (χ4v) is 2.61. The largest absolute Gasteiger partial charge is 0.456 e. The molecule has 0 aromatic heterocycles. The lowest BCUT2D eigenvalue weighted by molar-refractivity contribution is 0.102. The monoisotopic (exact) mass is 367 g/mol. The van der Waals surface area contributed by atoms with E-state index in [-0.39, 0.29) is 5.91 Å². The molecule has 5 nitrogen and oxygen atoms in total. The maximum Gasteiger partial charge on any atom is 0.255 e. The molecule has 6 heteroatoms. The second-order valence-corrected chi connectivity index (χ2v) is 6.25. The number of carbonyl (C=O) groups excluding carboxylic acids is 1. The maximum absolute atomic E-state index is 12.4. The predicted octanol–water partition coefficient (Wildman–Crippen LogP) is 4.86. The molecule has 0 unspecified atom stereocenters. The van der Waals surface area contributed by atoms with Crippen molar-refractivity contribution in [2.45, 2.75) is 6.92 Å². The number of hydrogen-bond acceptors (Lipinski definition) is 4. The first-order valence-corrected chi connectivity index (χ1v) is 8.30. The van der Waals surface area contributed by atoms with Crippen molar-refractivity contribution in [1.29, 1.82) is 0 Å². The number of nitrogen functional groups attached to an aromatic ring is 2. The van der Waals surface area contributed by atoms with E-state index in [1.807, 2.05) is 6.92 Å². The highest BCUT2D eigenvalue weighted by Crippen LogP contribution is 2.31. The van der Waals surface area contributed by atoms with Crippen molar-refractivity contribution in [3.05, 3.63) is 76.8 Å². The summed E-state index contributed by atoms with van der Waals surface area (Å²) < 4.78 is 5.77. The fraction of sp³-hybridized carbons (Fsp3) is 0.0500. The molecule has 0 aliphatic rings. The molecule has 26 heavy (non-hydrogen) atoms. The van der Waals surface area contributed by atoms with Crippen molar-refractivity contribution in [3.63, 3.8) is 0 Å². The lowest BCUT2D eigenvalue weighted by Gasteiger charge is -2.11. The number of hydrogen-bond donors (Lipinski definition) is 3. The Morgan fingerprint density at radius 2 is 1.85 bits per heavy atom. The number of ether oxygens (including phenoxy) is 1. The van der Waals surface area contributed by atoms with Crippen LogP contribution in [-0.4, -0.2) is 5.91 Å². The van der Waals surface area contributed by atoms with Crippen molar-refractivity contribution in [2.24, 2.45) is 0 Å². The average molecular weight is 368 g/mol. The summed E-state index contributed by atoms with van der Waals surface area (Å²) in [5.41, 5.74) is 14.7. The molecule has 0 atom stereocenters. The van der Waals surface area contributed by atoms with E-state index in [0.29, 0.717) is 39.1 Å². The summed E-state index contributed by atoms with van der Waals surface area (Å²) in [7, 11) is 0. The van der Waals surface area contributed by atoms with Gasteiger partial charge in [0.1, 0.15) is 11.5 Å². The first kappa shape index (κ1) is 17.6. The summed E-state index contributed by atoms with van der Waals surface area (Å²) in [4.78, 5) is 12.4. The molecule has 3 aromatic carbocycles. The standard InChI is InChI=1S/C20H18ClN3O2/c1-12-9-13(5-7-18(12)23)20(25)24-15-3-2-4-16(11-15)26-19-8-6-14(22)10-17(19)21/h2-11H,22-23H2,1H3,(H,24,25). The Morgan fingerprint density at radius 1 is 1.04 bits per heavy atom. The summed E-state index contributed by atoms with van der Waals surface area (Å²) in [6.45, 7) is 1.86. The van der Waals surface area contributed by atoms with Gasteiger partial charge in [0.05, 0.1) is 5.02 Å². The number of nitrogens with one attached hydrogen (secondary N) is 1. The summed E-state index contributed by atoms with van der Waals surface area (Å²) in [6.07, 6.45) is 0. The Kier molecular flexibility index (Phi) is 5.00. The molecular weight excluding hydrogens is 350 g/mol. The molecule has 0 radical (unpaired) electrons. The summed E-state index contributed by atoms with van der Waals surface area (Å²) in [5, 5.41) is 3.26. The molecule has 0 saturated carbocycles. The molecule has 0 fully saturated rings. The number of benzene rings is 3.